The molecular weight excluding hydrogens is 324 g/mol. The largest absolute Gasteiger partial charge is 0.370 e. The van der Waals surface area contributed by atoms with Crippen molar-refractivity contribution in [1.29, 1.82) is 0 Å². The number of anilines is 1. The van der Waals surface area contributed by atoms with Crippen LogP contribution in [0.1, 0.15) is 42.2 Å². The molecule has 1 saturated heterocycles. The minimum absolute atomic E-state index is 0.0522. The summed E-state index contributed by atoms with van der Waals surface area (Å²) in [5, 5.41) is 10.7. The van der Waals surface area contributed by atoms with Crippen molar-refractivity contribution in [2.45, 2.75) is 26.2 Å². The van der Waals surface area contributed by atoms with E-state index in [1.165, 1.54) is 0 Å². The first-order valence-electron chi connectivity index (χ1n) is 8.37. The predicted octanol–water partition coefficient (Wildman–Crippen LogP) is 3.44. The maximum absolute atomic E-state index is 12.4. The summed E-state index contributed by atoms with van der Waals surface area (Å²) in [4.78, 5) is 14.7. The van der Waals surface area contributed by atoms with Gasteiger partial charge in [0.15, 0.2) is 0 Å². The Morgan fingerprint density at radius 1 is 1.46 bits per heavy atom. The normalized spacial score (nSPS) is 17.5. The Kier molecular flexibility index (Phi) is 5.09. The quantitative estimate of drug-likeness (QED) is 0.871. The molecule has 2 N–H and O–H groups in total. The molecule has 0 aliphatic carbocycles. The molecule has 1 unspecified atom stereocenters. The average Bonchev–Trinajstić information content (AvgIpc) is 3.22. The SMILES string of the molecule is CC(C)c1[nH]ncc1C(=O)NCC1CCN(c2ccccc2Cl)C1. The molecule has 6 heteroatoms. The molecule has 1 aliphatic heterocycles. The van der Waals surface area contributed by atoms with Crippen LogP contribution >= 0.6 is 11.6 Å². The van der Waals surface area contributed by atoms with E-state index in [1.807, 2.05) is 38.1 Å². The second kappa shape index (κ2) is 7.26. The number of hydrogen-bond donors (Lipinski definition) is 2. The Balaban J connectivity index is 1.56. The highest BCUT2D eigenvalue weighted by atomic mass is 35.5. The number of aromatic nitrogens is 2. The second-order valence-electron chi connectivity index (χ2n) is 6.61. The Morgan fingerprint density at radius 2 is 2.25 bits per heavy atom. The summed E-state index contributed by atoms with van der Waals surface area (Å²) >= 11 is 6.27. The van der Waals surface area contributed by atoms with Crippen molar-refractivity contribution in [2.24, 2.45) is 5.92 Å². The van der Waals surface area contributed by atoms with Crippen LogP contribution in [0.4, 0.5) is 5.69 Å². The lowest BCUT2D eigenvalue weighted by atomic mass is 10.1. The highest BCUT2D eigenvalue weighted by Crippen LogP contribution is 2.29. The van der Waals surface area contributed by atoms with Crippen LogP contribution in [-0.2, 0) is 0 Å². The minimum Gasteiger partial charge on any atom is -0.370 e. The smallest absolute Gasteiger partial charge is 0.254 e. The molecule has 1 aromatic carbocycles. The van der Waals surface area contributed by atoms with E-state index in [0.29, 0.717) is 18.0 Å². The number of hydrogen-bond acceptors (Lipinski definition) is 3. The molecule has 24 heavy (non-hydrogen) atoms. The van der Waals surface area contributed by atoms with Gasteiger partial charge in [-0.25, -0.2) is 0 Å². The number of amides is 1. The zero-order valence-corrected chi connectivity index (χ0v) is 14.8. The summed E-state index contributed by atoms with van der Waals surface area (Å²) in [6.07, 6.45) is 2.66. The molecule has 128 valence electrons. The zero-order chi connectivity index (χ0) is 17.1. The average molecular weight is 347 g/mol. The summed E-state index contributed by atoms with van der Waals surface area (Å²) in [6, 6.07) is 7.90. The van der Waals surface area contributed by atoms with Gasteiger partial charge in [-0.3, -0.25) is 9.89 Å². The van der Waals surface area contributed by atoms with Crippen LogP contribution < -0.4 is 10.2 Å². The van der Waals surface area contributed by atoms with E-state index < -0.39 is 0 Å². The fraction of sp³-hybridized carbons (Fsp3) is 0.444. The van der Waals surface area contributed by atoms with Gasteiger partial charge >= 0.3 is 0 Å². The third-order valence-corrected chi connectivity index (χ3v) is 4.84. The van der Waals surface area contributed by atoms with Crippen LogP contribution in [0.2, 0.25) is 5.02 Å². The number of benzene rings is 1. The fourth-order valence-corrected chi connectivity index (χ4v) is 3.43. The van der Waals surface area contributed by atoms with Crippen molar-refractivity contribution in [3.63, 3.8) is 0 Å². The standard InChI is InChI=1S/C18H23ClN4O/c1-12(2)17-14(10-21-22-17)18(24)20-9-13-7-8-23(11-13)16-6-4-3-5-15(16)19/h3-6,10,12-13H,7-9,11H2,1-2H3,(H,20,24)(H,21,22). The second-order valence-corrected chi connectivity index (χ2v) is 7.02. The Morgan fingerprint density at radius 3 is 3.00 bits per heavy atom. The van der Waals surface area contributed by atoms with Crippen molar-refractivity contribution in [2.75, 3.05) is 24.5 Å². The Hall–Kier alpha value is -2.01. The molecule has 0 spiro atoms. The van der Waals surface area contributed by atoms with Crippen molar-refractivity contribution in [1.82, 2.24) is 15.5 Å². The number of para-hydroxylation sites is 1. The van der Waals surface area contributed by atoms with Gasteiger partial charge in [-0.15, -0.1) is 0 Å². The third kappa shape index (κ3) is 3.56. The maximum atomic E-state index is 12.4. The van der Waals surface area contributed by atoms with E-state index >= 15 is 0 Å². The van der Waals surface area contributed by atoms with Crippen molar-refractivity contribution in [3.05, 3.63) is 46.7 Å². The molecule has 0 radical (unpaired) electrons. The molecule has 1 atom stereocenters. The number of aromatic amines is 1. The summed E-state index contributed by atoms with van der Waals surface area (Å²) in [5.74, 6) is 0.624. The molecule has 5 nitrogen and oxygen atoms in total. The molecule has 1 aromatic heterocycles. The molecule has 1 amide bonds. The third-order valence-electron chi connectivity index (χ3n) is 4.52. The van der Waals surface area contributed by atoms with E-state index in [0.717, 1.165) is 35.9 Å². The van der Waals surface area contributed by atoms with Gasteiger partial charge in [-0.05, 0) is 30.4 Å². The molecule has 1 aliphatic rings. The van der Waals surface area contributed by atoms with E-state index in [1.54, 1.807) is 6.20 Å². The molecule has 1 fully saturated rings. The van der Waals surface area contributed by atoms with Gasteiger partial charge in [-0.2, -0.15) is 5.10 Å². The molecule has 2 aromatic rings. The summed E-state index contributed by atoms with van der Waals surface area (Å²) in [7, 11) is 0. The first-order valence-corrected chi connectivity index (χ1v) is 8.75. The summed E-state index contributed by atoms with van der Waals surface area (Å²) < 4.78 is 0. The lowest BCUT2D eigenvalue weighted by molar-refractivity contribution is 0.0947. The molecule has 3 rings (SSSR count). The first kappa shape index (κ1) is 16.8. The van der Waals surface area contributed by atoms with Crippen LogP contribution in [-0.4, -0.2) is 35.7 Å². The lowest BCUT2D eigenvalue weighted by Crippen LogP contribution is -2.31. The molecule has 0 saturated carbocycles. The van der Waals surface area contributed by atoms with Gasteiger partial charge in [0, 0.05) is 19.6 Å². The van der Waals surface area contributed by atoms with Gasteiger partial charge in [0.25, 0.3) is 5.91 Å². The van der Waals surface area contributed by atoms with Crippen molar-refractivity contribution >= 4 is 23.2 Å². The van der Waals surface area contributed by atoms with Gasteiger partial charge in [0.2, 0.25) is 0 Å². The zero-order valence-electron chi connectivity index (χ0n) is 14.1. The lowest BCUT2D eigenvalue weighted by Gasteiger charge is -2.20. The predicted molar refractivity (Wildman–Crippen MR) is 96.8 cm³/mol. The highest BCUT2D eigenvalue weighted by Gasteiger charge is 2.25. The Labute approximate surface area is 147 Å². The summed E-state index contributed by atoms with van der Waals surface area (Å²) in [6.45, 7) is 6.63. The van der Waals surface area contributed by atoms with Crippen LogP contribution in [0, 0.1) is 5.92 Å². The topological polar surface area (TPSA) is 61.0 Å². The monoisotopic (exact) mass is 346 g/mol. The van der Waals surface area contributed by atoms with Gasteiger partial charge in [0.1, 0.15) is 0 Å². The number of halogens is 1. The number of carbonyl (C=O) groups excluding carboxylic acids is 1. The van der Waals surface area contributed by atoms with Crippen molar-refractivity contribution < 1.29 is 4.79 Å². The number of nitrogens with one attached hydrogen (secondary N) is 2. The fourth-order valence-electron chi connectivity index (χ4n) is 3.18. The molecule has 0 bridgehead atoms. The maximum Gasteiger partial charge on any atom is 0.254 e. The van der Waals surface area contributed by atoms with Gasteiger partial charge in [0.05, 0.1) is 28.2 Å². The van der Waals surface area contributed by atoms with Crippen LogP contribution in [0.5, 0.6) is 0 Å². The van der Waals surface area contributed by atoms with E-state index in [9.17, 15) is 4.79 Å². The van der Waals surface area contributed by atoms with E-state index in [-0.39, 0.29) is 11.8 Å². The molecule has 2 heterocycles. The summed E-state index contributed by atoms with van der Waals surface area (Å²) in [5.41, 5.74) is 2.60. The molecular formula is C18H23ClN4O. The highest BCUT2D eigenvalue weighted by molar-refractivity contribution is 6.33. The van der Waals surface area contributed by atoms with E-state index in [2.05, 4.69) is 20.4 Å². The van der Waals surface area contributed by atoms with Gasteiger partial charge in [-0.1, -0.05) is 37.6 Å². The number of H-pyrrole nitrogens is 1. The van der Waals surface area contributed by atoms with Crippen LogP contribution in [0.25, 0.3) is 0 Å². The Bertz CT molecular complexity index is 713. The van der Waals surface area contributed by atoms with Gasteiger partial charge < -0.3 is 10.2 Å². The van der Waals surface area contributed by atoms with Crippen LogP contribution in [0.3, 0.4) is 0 Å². The number of nitrogens with zero attached hydrogens (tertiary/aromatic N) is 2. The van der Waals surface area contributed by atoms with E-state index in [4.69, 9.17) is 11.6 Å². The van der Waals surface area contributed by atoms with Crippen LogP contribution in [0.15, 0.2) is 30.5 Å². The number of rotatable bonds is 5. The first-order chi connectivity index (χ1) is 11.6. The van der Waals surface area contributed by atoms with Crippen molar-refractivity contribution in [3.8, 4) is 0 Å². The number of carbonyl (C=O) groups is 1. The minimum atomic E-state index is -0.0522.